The van der Waals surface area contributed by atoms with Gasteiger partial charge in [-0.3, -0.25) is 4.98 Å². The zero-order chi connectivity index (χ0) is 13.8. The molecular formula is C16H16N4. The van der Waals surface area contributed by atoms with Crippen LogP contribution < -0.4 is 5.32 Å². The second kappa shape index (κ2) is 5.65. The predicted octanol–water partition coefficient (Wildman–Crippen LogP) is 2.99. The van der Waals surface area contributed by atoms with E-state index >= 15 is 0 Å². The zero-order valence-corrected chi connectivity index (χ0v) is 11.4. The van der Waals surface area contributed by atoms with Gasteiger partial charge >= 0.3 is 0 Å². The van der Waals surface area contributed by atoms with Gasteiger partial charge in [0.25, 0.3) is 0 Å². The molecule has 0 atom stereocenters. The number of aromatic nitrogens is 3. The van der Waals surface area contributed by atoms with Gasteiger partial charge in [0.15, 0.2) is 0 Å². The number of fused-ring (bicyclic) bond motifs is 1. The number of benzene rings is 1. The van der Waals surface area contributed by atoms with Crippen LogP contribution in [0, 0.1) is 6.92 Å². The van der Waals surface area contributed by atoms with Crippen molar-refractivity contribution in [2.24, 2.45) is 0 Å². The highest BCUT2D eigenvalue weighted by Gasteiger charge is 2.02. The molecule has 0 spiro atoms. The third kappa shape index (κ3) is 2.74. The minimum Gasteiger partial charge on any atom is -0.354 e. The highest BCUT2D eigenvalue weighted by Crippen LogP contribution is 2.16. The number of nitrogens with one attached hydrogen (secondary N) is 1. The lowest BCUT2D eigenvalue weighted by molar-refractivity contribution is 0.983. The largest absolute Gasteiger partial charge is 0.354 e. The Kier molecular flexibility index (Phi) is 3.54. The Balaban J connectivity index is 1.69. The molecule has 0 aliphatic rings. The predicted molar refractivity (Wildman–Crippen MR) is 80.7 cm³/mol. The van der Waals surface area contributed by atoms with E-state index in [-0.39, 0.29) is 0 Å². The minimum absolute atomic E-state index is 0.670. The number of rotatable bonds is 4. The van der Waals surface area contributed by atoms with Crippen molar-refractivity contribution < 1.29 is 0 Å². The number of anilines is 1. The maximum absolute atomic E-state index is 4.46. The lowest BCUT2D eigenvalue weighted by Gasteiger charge is -2.07. The molecule has 100 valence electrons. The average Bonchev–Trinajstić information content (AvgIpc) is 2.49. The molecule has 0 unspecified atom stereocenters. The summed E-state index contributed by atoms with van der Waals surface area (Å²) in [5.74, 6) is 0.670. The highest BCUT2D eigenvalue weighted by molar-refractivity contribution is 5.81. The van der Waals surface area contributed by atoms with E-state index in [1.165, 1.54) is 10.9 Å². The molecule has 1 aromatic carbocycles. The third-order valence-corrected chi connectivity index (χ3v) is 3.17. The van der Waals surface area contributed by atoms with E-state index < -0.39 is 0 Å². The molecule has 2 aromatic heterocycles. The van der Waals surface area contributed by atoms with E-state index in [1.54, 1.807) is 0 Å². The molecule has 3 rings (SSSR count). The van der Waals surface area contributed by atoms with Crippen LogP contribution in [0.4, 0.5) is 5.95 Å². The van der Waals surface area contributed by atoms with E-state index in [9.17, 15) is 0 Å². The van der Waals surface area contributed by atoms with E-state index in [4.69, 9.17) is 0 Å². The van der Waals surface area contributed by atoms with Crippen molar-refractivity contribution in [2.45, 2.75) is 13.3 Å². The number of pyridine rings is 1. The fourth-order valence-electron chi connectivity index (χ4n) is 2.16. The first-order valence-electron chi connectivity index (χ1n) is 6.68. The Labute approximate surface area is 117 Å². The van der Waals surface area contributed by atoms with Crippen LogP contribution in [0.3, 0.4) is 0 Å². The van der Waals surface area contributed by atoms with Crippen LogP contribution in [0.15, 0.2) is 48.9 Å². The average molecular weight is 264 g/mol. The van der Waals surface area contributed by atoms with Gasteiger partial charge in [-0.25, -0.2) is 9.97 Å². The molecule has 0 amide bonds. The van der Waals surface area contributed by atoms with Gasteiger partial charge in [-0.1, -0.05) is 24.3 Å². The molecule has 0 aliphatic carbocycles. The summed E-state index contributed by atoms with van der Waals surface area (Å²) in [4.78, 5) is 12.9. The first kappa shape index (κ1) is 12.5. The van der Waals surface area contributed by atoms with Crippen LogP contribution in [0.25, 0.3) is 10.9 Å². The topological polar surface area (TPSA) is 50.7 Å². The molecule has 3 aromatic rings. The van der Waals surface area contributed by atoms with Crippen molar-refractivity contribution in [3.63, 3.8) is 0 Å². The molecule has 4 nitrogen and oxygen atoms in total. The Morgan fingerprint density at radius 1 is 1.00 bits per heavy atom. The maximum atomic E-state index is 4.46. The molecule has 20 heavy (non-hydrogen) atoms. The number of para-hydroxylation sites is 1. The van der Waals surface area contributed by atoms with Crippen molar-refractivity contribution in [1.82, 2.24) is 15.0 Å². The van der Waals surface area contributed by atoms with Gasteiger partial charge in [-0.15, -0.1) is 0 Å². The monoisotopic (exact) mass is 264 g/mol. The van der Waals surface area contributed by atoms with Crippen LogP contribution in [0.5, 0.6) is 0 Å². The Morgan fingerprint density at radius 2 is 1.80 bits per heavy atom. The van der Waals surface area contributed by atoms with Crippen molar-refractivity contribution in [3.05, 3.63) is 60.0 Å². The zero-order valence-electron chi connectivity index (χ0n) is 11.4. The van der Waals surface area contributed by atoms with Crippen LogP contribution in [-0.4, -0.2) is 21.5 Å². The summed E-state index contributed by atoms with van der Waals surface area (Å²) in [7, 11) is 0. The summed E-state index contributed by atoms with van der Waals surface area (Å²) >= 11 is 0. The van der Waals surface area contributed by atoms with Crippen LogP contribution in [-0.2, 0) is 6.42 Å². The van der Waals surface area contributed by atoms with Crippen molar-refractivity contribution in [3.8, 4) is 0 Å². The second-order valence-electron chi connectivity index (χ2n) is 4.75. The molecule has 1 N–H and O–H groups in total. The third-order valence-electron chi connectivity index (χ3n) is 3.17. The number of hydrogen-bond acceptors (Lipinski definition) is 4. The summed E-state index contributed by atoms with van der Waals surface area (Å²) in [6.07, 6.45) is 6.36. The lowest BCUT2D eigenvalue weighted by atomic mass is 10.1. The maximum Gasteiger partial charge on any atom is 0.222 e. The molecule has 0 fully saturated rings. The standard InChI is InChI=1S/C16H16N4/c1-12-10-19-16(20-11-12)18-9-7-14-5-2-4-13-6-3-8-17-15(13)14/h2-6,8,10-11H,7,9H2,1H3,(H,18,19,20). The van der Waals surface area contributed by atoms with Gasteiger partial charge in [0, 0.05) is 30.5 Å². The number of aryl methyl sites for hydroxylation is 1. The summed E-state index contributed by atoms with van der Waals surface area (Å²) < 4.78 is 0. The normalized spacial score (nSPS) is 10.7. The SMILES string of the molecule is Cc1cnc(NCCc2cccc3cccnc23)nc1. The fraction of sp³-hybridized carbons (Fsp3) is 0.188. The lowest BCUT2D eigenvalue weighted by Crippen LogP contribution is -2.08. The summed E-state index contributed by atoms with van der Waals surface area (Å²) in [5.41, 5.74) is 3.37. The first-order chi connectivity index (χ1) is 9.83. The Bertz CT molecular complexity index is 702. The van der Waals surface area contributed by atoms with Gasteiger partial charge in [0.1, 0.15) is 0 Å². The molecule has 2 heterocycles. The molecule has 0 radical (unpaired) electrons. The number of hydrogen-bond donors (Lipinski definition) is 1. The van der Waals surface area contributed by atoms with Crippen LogP contribution in [0.2, 0.25) is 0 Å². The molecule has 0 aliphatic heterocycles. The number of nitrogens with zero attached hydrogens (tertiary/aromatic N) is 3. The minimum atomic E-state index is 0.670. The second-order valence-corrected chi connectivity index (χ2v) is 4.75. The fourth-order valence-corrected chi connectivity index (χ4v) is 2.16. The summed E-state index contributed by atoms with van der Waals surface area (Å²) in [6.45, 7) is 2.77. The van der Waals surface area contributed by atoms with Gasteiger partial charge in [0.2, 0.25) is 5.95 Å². The van der Waals surface area contributed by atoms with E-state index in [0.29, 0.717) is 5.95 Å². The summed E-state index contributed by atoms with van der Waals surface area (Å²) in [5, 5.41) is 4.41. The first-order valence-corrected chi connectivity index (χ1v) is 6.68. The van der Waals surface area contributed by atoms with Gasteiger partial charge in [-0.2, -0.15) is 0 Å². The van der Waals surface area contributed by atoms with Crippen LogP contribution in [0.1, 0.15) is 11.1 Å². The molecule has 4 heteroatoms. The van der Waals surface area contributed by atoms with Gasteiger partial charge < -0.3 is 5.32 Å². The quantitative estimate of drug-likeness (QED) is 0.787. The van der Waals surface area contributed by atoms with Crippen molar-refractivity contribution in [2.75, 3.05) is 11.9 Å². The highest BCUT2D eigenvalue weighted by atomic mass is 15.1. The molecule has 0 saturated heterocycles. The smallest absolute Gasteiger partial charge is 0.222 e. The van der Waals surface area contributed by atoms with Crippen LogP contribution >= 0.6 is 0 Å². The Hall–Kier alpha value is -2.49. The summed E-state index contributed by atoms with van der Waals surface area (Å²) in [6, 6.07) is 10.3. The van der Waals surface area contributed by atoms with E-state index in [0.717, 1.165) is 24.0 Å². The van der Waals surface area contributed by atoms with Gasteiger partial charge in [0.05, 0.1) is 5.52 Å². The molecular weight excluding hydrogens is 248 g/mol. The van der Waals surface area contributed by atoms with E-state index in [2.05, 4.69) is 44.5 Å². The van der Waals surface area contributed by atoms with Crippen molar-refractivity contribution >= 4 is 16.9 Å². The van der Waals surface area contributed by atoms with Crippen molar-refractivity contribution in [1.29, 1.82) is 0 Å². The Morgan fingerprint density at radius 3 is 2.65 bits per heavy atom. The molecule has 0 bridgehead atoms. The van der Waals surface area contributed by atoms with Gasteiger partial charge in [-0.05, 0) is 30.5 Å². The van der Waals surface area contributed by atoms with E-state index in [1.807, 2.05) is 31.6 Å². The molecule has 0 saturated carbocycles.